The first kappa shape index (κ1) is 14.3. The van der Waals surface area contributed by atoms with E-state index in [4.69, 9.17) is 5.73 Å². The third-order valence-electron chi connectivity index (χ3n) is 3.19. The van der Waals surface area contributed by atoms with Gasteiger partial charge in [0.15, 0.2) is 0 Å². The molecule has 1 aromatic rings. The van der Waals surface area contributed by atoms with Crippen LogP contribution in [0, 0.1) is 5.92 Å². The molecular weight excluding hydrogens is 260 g/mol. The highest BCUT2D eigenvalue weighted by Gasteiger charge is 2.31. The Morgan fingerprint density at radius 2 is 2.47 bits per heavy atom. The van der Waals surface area contributed by atoms with Crippen LogP contribution in [0.15, 0.2) is 6.20 Å². The Kier molecular flexibility index (Phi) is 5.30. The second kappa shape index (κ2) is 6.28. The first-order valence-corrected chi connectivity index (χ1v) is 6.29. The number of amides is 1. The molecule has 96 valence electrons. The van der Waals surface area contributed by atoms with Crippen molar-refractivity contribution < 1.29 is 4.79 Å². The normalized spacial score (nSPS) is 24.2. The van der Waals surface area contributed by atoms with Gasteiger partial charge in [0.2, 0.25) is 0 Å². The summed E-state index contributed by atoms with van der Waals surface area (Å²) in [6.07, 6.45) is 3.72. The van der Waals surface area contributed by atoms with Gasteiger partial charge in [0.25, 0.3) is 5.91 Å². The van der Waals surface area contributed by atoms with Crippen molar-refractivity contribution in [3.63, 3.8) is 0 Å². The Labute approximate surface area is 111 Å². The summed E-state index contributed by atoms with van der Waals surface area (Å²) in [5.74, 6) is 0.501. The smallest absolute Gasteiger partial charge is 0.267 e. The number of carbonyl (C=O) groups is 1. The predicted molar refractivity (Wildman–Crippen MR) is 69.4 cm³/mol. The number of nitrogens with two attached hydrogens (primary N) is 1. The number of piperidine rings is 1. The van der Waals surface area contributed by atoms with Gasteiger partial charge in [-0.3, -0.25) is 4.79 Å². The zero-order valence-electron chi connectivity index (χ0n) is 9.70. The average Bonchev–Trinajstić information content (AvgIpc) is 2.81. The van der Waals surface area contributed by atoms with Gasteiger partial charge in [0, 0.05) is 19.1 Å². The summed E-state index contributed by atoms with van der Waals surface area (Å²) in [5.41, 5.74) is 5.75. The molecule has 0 radical (unpaired) electrons. The van der Waals surface area contributed by atoms with Crippen molar-refractivity contribution in [1.82, 2.24) is 14.5 Å². The fourth-order valence-corrected chi connectivity index (χ4v) is 2.74. The number of hydrogen-bond donors (Lipinski definition) is 1. The number of aromatic nitrogens is 2. The van der Waals surface area contributed by atoms with E-state index in [0.717, 1.165) is 30.9 Å². The van der Waals surface area contributed by atoms with Crippen LogP contribution in [0.3, 0.4) is 0 Å². The van der Waals surface area contributed by atoms with Gasteiger partial charge in [-0.1, -0.05) is 11.4 Å². The van der Waals surface area contributed by atoms with Crippen molar-refractivity contribution in [3.8, 4) is 0 Å². The Balaban J connectivity index is 0.00000144. The van der Waals surface area contributed by atoms with E-state index in [2.05, 4.69) is 16.5 Å². The lowest BCUT2D eigenvalue weighted by atomic mass is 9.90. The van der Waals surface area contributed by atoms with Gasteiger partial charge in [-0.05, 0) is 30.3 Å². The minimum atomic E-state index is 0. The van der Waals surface area contributed by atoms with E-state index in [1.165, 1.54) is 6.20 Å². The van der Waals surface area contributed by atoms with Crippen molar-refractivity contribution in [1.29, 1.82) is 0 Å². The largest absolute Gasteiger partial charge is 0.333 e. The number of nitrogens with zero attached hydrogens (tertiary/aromatic N) is 3. The number of likely N-dealkylation sites (tertiary alicyclic amines) is 1. The molecule has 2 rings (SSSR count). The van der Waals surface area contributed by atoms with Gasteiger partial charge in [-0.25, -0.2) is 0 Å². The highest BCUT2D eigenvalue weighted by Crippen LogP contribution is 2.24. The zero-order valence-corrected chi connectivity index (χ0v) is 11.3. The van der Waals surface area contributed by atoms with E-state index < -0.39 is 0 Å². The summed E-state index contributed by atoms with van der Waals surface area (Å²) in [6.45, 7) is 3.48. The molecule has 2 atom stereocenters. The maximum atomic E-state index is 12.2. The Morgan fingerprint density at radius 3 is 3.06 bits per heavy atom. The van der Waals surface area contributed by atoms with Gasteiger partial charge in [-0.2, -0.15) is 0 Å². The van der Waals surface area contributed by atoms with Gasteiger partial charge in [-0.15, -0.1) is 17.5 Å². The molecule has 0 aliphatic carbocycles. The molecule has 1 aliphatic rings. The van der Waals surface area contributed by atoms with Crippen LogP contribution in [0.4, 0.5) is 0 Å². The Morgan fingerprint density at radius 1 is 1.71 bits per heavy atom. The van der Waals surface area contributed by atoms with Crippen LogP contribution in [0.2, 0.25) is 0 Å². The van der Waals surface area contributed by atoms with Gasteiger partial charge in [0.05, 0.1) is 6.20 Å². The molecule has 1 aliphatic heterocycles. The summed E-state index contributed by atoms with van der Waals surface area (Å²) in [4.78, 5) is 14.7. The van der Waals surface area contributed by atoms with E-state index in [1.54, 1.807) is 0 Å². The van der Waals surface area contributed by atoms with Crippen molar-refractivity contribution in [2.75, 3.05) is 13.1 Å². The molecule has 0 aromatic carbocycles. The van der Waals surface area contributed by atoms with Crippen LogP contribution in [0.5, 0.6) is 0 Å². The van der Waals surface area contributed by atoms with Crippen LogP contribution < -0.4 is 5.73 Å². The lowest BCUT2D eigenvalue weighted by Gasteiger charge is -2.39. The van der Waals surface area contributed by atoms with Crippen molar-refractivity contribution in [2.24, 2.45) is 11.7 Å². The SMILES string of the molecule is CC1CCCN(C(=O)c2cnns2)C1CN.Cl. The fourth-order valence-electron chi connectivity index (χ4n) is 2.26. The predicted octanol–water partition coefficient (Wildman–Crippen LogP) is 1.16. The summed E-state index contributed by atoms with van der Waals surface area (Å²) in [5, 5.41) is 3.70. The lowest BCUT2D eigenvalue weighted by molar-refractivity contribution is 0.0537. The molecule has 1 aromatic heterocycles. The van der Waals surface area contributed by atoms with Gasteiger partial charge in [0.1, 0.15) is 4.88 Å². The first-order valence-electron chi connectivity index (χ1n) is 5.52. The molecule has 0 saturated carbocycles. The molecule has 0 spiro atoms. The second-order valence-corrected chi connectivity index (χ2v) is 4.99. The van der Waals surface area contributed by atoms with E-state index in [1.807, 2.05) is 4.90 Å². The van der Waals surface area contributed by atoms with Crippen LogP contribution >= 0.6 is 23.9 Å². The van der Waals surface area contributed by atoms with E-state index in [9.17, 15) is 4.79 Å². The van der Waals surface area contributed by atoms with Crippen LogP contribution in [0.1, 0.15) is 29.4 Å². The van der Waals surface area contributed by atoms with Crippen molar-refractivity contribution in [2.45, 2.75) is 25.8 Å². The summed E-state index contributed by atoms with van der Waals surface area (Å²) >= 11 is 1.15. The molecule has 1 saturated heterocycles. The van der Waals surface area contributed by atoms with Gasteiger partial charge >= 0.3 is 0 Å². The molecule has 1 fully saturated rings. The highest BCUT2D eigenvalue weighted by molar-refractivity contribution is 7.07. The summed E-state index contributed by atoms with van der Waals surface area (Å²) in [6, 6.07) is 0.156. The van der Waals surface area contributed by atoms with Crippen molar-refractivity contribution in [3.05, 3.63) is 11.1 Å². The van der Waals surface area contributed by atoms with E-state index in [0.29, 0.717) is 17.3 Å². The number of halogens is 1. The summed E-state index contributed by atoms with van der Waals surface area (Å²) < 4.78 is 3.72. The maximum Gasteiger partial charge on any atom is 0.267 e. The minimum absolute atomic E-state index is 0. The van der Waals surface area contributed by atoms with Gasteiger partial charge < -0.3 is 10.6 Å². The Hall–Kier alpha value is -0.720. The summed E-state index contributed by atoms with van der Waals surface area (Å²) in [7, 11) is 0. The van der Waals surface area contributed by atoms with Crippen LogP contribution in [0.25, 0.3) is 0 Å². The van der Waals surface area contributed by atoms with Crippen LogP contribution in [-0.4, -0.2) is 39.5 Å². The second-order valence-electron chi connectivity index (χ2n) is 4.20. The molecule has 17 heavy (non-hydrogen) atoms. The van der Waals surface area contributed by atoms with Crippen LogP contribution in [-0.2, 0) is 0 Å². The lowest BCUT2D eigenvalue weighted by Crippen LogP contribution is -2.51. The average molecular weight is 277 g/mol. The molecule has 2 N–H and O–H groups in total. The first-order chi connectivity index (χ1) is 7.74. The number of rotatable bonds is 2. The molecule has 2 unspecified atom stereocenters. The molecule has 0 bridgehead atoms. The van der Waals surface area contributed by atoms with E-state index in [-0.39, 0.29) is 24.4 Å². The third-order valence-corrected chi connectivity index (χ3v) is 3.84. The Bertz CT molecular complexity index is 359. The zero-order chi connectivity index (χ0) is 11.5. The third kappa shape index (κ3) is 2.94. The topological polar surface area (TPSA) is 72.1 Å². The molecule has 2 heterocycles. The number of carbonyl (C=O) groups excluding carboxylic acids is 1. The molecule has 7 heteroatoms. The van der Waals surface area contributed by atoms with E-state index >= 15 is 0 Å². The monoisotopic (exact) mass is 276 g/mol. The highest BCUT2D eigenvalue weighted by atomic mass is 35.5. The number of hydrogen-bond acceptors (Lipinski definition) is 5. The standard InChI is InChI=1S/C10H16N4OS.ClH/c1-7-3-2-4-14(8(7)5-11)10(15)9-6-12-13-16-9;/h6-8H,2-5,11H2,1H3;1H. The molecule has 1 amide bonds. The van der Waals surface area contributed by atoms with Crippen molar-refractivity contribution >= 4 is 29.8 Å². The minimum Gasteiger partial charge on any atom is -0.333 e. The molecular formula is C10H17ClN4OS. The maximum absolute atomic E-state index is 12.2. The fraction of sp³-hybridized carbons (Fsp3) is 0.700. The molecule has 5 nitrogen and oxygen atoms in total. The quantitative estimate of drug-likeness (QED) is 0.880.